The average molecular weight is 445 g/mol. The molecule has 176 valence electrons. The Morgan fingerprint density at radius 1 is 1.09 bits per heavy atom. The minimum Gasteiger partial charge on any atom is -0.481 e. The third kappa shape index (κ3) is 7.15. The summed E-state index contributed by atoms with van der Waals surface area (Å²) in [5.41, 5.74) is 1.40. The Hall–Kier alpha value is -1.71. The van der Waals surface area contributed by atoms with Crippen LogP contribution in [0.15, 0.2) is 36.4 Å². The van der Waals surface area contributed by atoms with Crippen LogP contribution in [0.5, 0.6) is 0 Å². The normalized spacial score (nSPS) is 26.6. The van der Waals surface area contributed by atoms with E-state index in [1.807, 2.05) is 18.2 Å². The Morgan fingerprint density at radius 2 is 1.78 bits per heavy atom. The molecule has 4 N–H and O–H groups in total. The van der Waals surface area contributed by atoms with E-state index in [4.69, 9.17) is 9.84 Å². The number of piperidine rings is 1. The monoisotopic (exact) mass is 445 g/mol. The lowest BCUT2D eigenvalue weighted by molar-refractivity contribution is -0.136. The van der Waals surface area contributed by atoms with Gasteiger partial charge in [-0.25, -0.2) is 0 Å². The minimum absolute atomic E-state index is 0.0487. The minimum atomic E-state index is -1.48. The molecule has 0 spiro atoms. The van der Waals surface area contributed by atoms with Crippen LogP contribution in [0.25, 0.3) is 0 Å². The second-order valence-corrected chi connectivity index (χ2v) is 9.00. The highest BCUT2D eigenvalue weighted by molar-refractivity contribution is 6.58. The first-order chi connectivity index (χ1) is 15.5. The van der Waals surface area contributed by atoms with Crippen molar-refractivity contribution in [2.75, 3.05) is 13.1 Å². The molecule has 2 aliphatic rings. The van der Waals surface area contributed by atoms with Gasteiger partial charge in [-0.05, 0) is 56.2 Å². The van der Waals surface area contributed by atoms with Crippen molar-refractivity contribution >= 4 is 18.6 Å². The van der Waals surface area contributed by atoms with Gasteiger partial charge in [-0.1, -0.05) is 42.8 Å². The van der Waals surface area contributed by atoms with E-state index in [0.29, 0.717) is 24.9 Å². The number of nitrogens with zero attached hydrogens (tertiary/aromatic N) is 1. The predicted octanol–water partition coefficient (Wildman–Crippen LogP) is 1.69. The standard InChI is InChI=1S/C24H36BNO6/c27-21-16-22(32-17-18-10-12-19(13-11-18)25(30)31)20(8-4-1-2-5-9-23(28)29)24(21)26-14-6-3-7-15-26/h1-2,10-13,20-22,24,27,30-31H,3-9,14-17H2,(H,28,29)/t20-,21-,22-,24+/m0/s1. The van der Waals surface area contributed by atoms with Crippen molar-refractivity contribution in [2.24, 2.45) is 5.92 Å². The van der Waals surface area contributed by atoms with Crippen LogP contribution in [0.3, 0.4) is 0 Å². The lowest BCUT2D eigenvalue weighted by Gasteiger charge is -2.38. The van der Waals surface area contributed by atoms with Crippen LogP contribution in [0.4, 0.5) is 0 Å². The summed E-state index contributed by atoms with van der Waals surface area (Å²) in [5, 5.41) is 38.2. The maximum Gasteiger partial charge on any atom is 0.488 e. The Morgan fingerprint density at radius 3 is 2.44 bits per heavy atom. The van der Waals surface area contributed by atoms with Crippen molar-refractivity contribution in [3.05, 3.63) is 42.0 Å². The van der Waals surface area contributed by atoms with Crippen LogP contribution in [0.2, 0.25) is 0 Å². The van der Waals surface area contributed by atoms with Gasteiger partial charge in [0.15, 0.2) is 0 Å². The molecule has 1 saturated heterocycles. The number of carbonyl (C=O) groups is 1. The first-order valence-corrected chi connectivity index (χ1v) is 11.8. The molecule has 3 rings (SSSR count). The summed E-state index contributed by atoms with van der Waals surface area (Å²) in [7, 11) is -1.48. The maximum absolute atomic E-state index is 10.9. The highest BCUT2D eigenvalue weighted by Crippen LogP contribution is 2.37. The van der Waals surface area contributed by atoms with Crippen molar-refractivity contribution < 1.29 is 29.8 Å². The quantitative estimate of drug-likeness (QED) is 0.303. The summed E-state index contributed by atoms with van der Waals surface area (Å²) in [5.74, 6) is -0.570. The second-order valence-electron chi connectivity index (χ2n) is 9.00. The van der Waals surface area contributed by atoms with E-state index in [1.165, 1.54) is 19.3 Å². The SMILES string of the molecule is O=C(O)CCC=CCC[C@@H]1[C@@H](N2CCCCC2)[C@@H](O)C[C@@H]1OCc1ccc(B(O)O)cc1. The number of hydrogen-bond donors (Lipinski definition) is 4. The first kappa shape index (κ1) is 24.9. The lowest BCUT2D eigenvalue weighted by Crippen LogP contribution is -2.47. The summed E-state index contributed by atoms with van der Waals surface area (Å²) in [6.07, 6.45) is 10.1. The lowest BCUT2D eigenvalue weighted by atomic mass is 9.80. The molecule has 0 radical (unpaired) electrons. The first-order valence-electron chi connectivity index (χ1n) is 11.8. The molecule has 1 saturated carbocycles. The fourth-order valence-electron chi connectivity index (χ4n) is 5.06. The van der Waals surface area contributed by atoms with Gasteiger partial charge in [0, 0.05) is 24.8 Å². The molecule has 0 bridgehead atoms. The van der Waals surface area contributed by atoms with Crippen LogP contribution in [-0.2, 0) is 16.1 Å². The Balaban J connectivity index is 1.61. The molecule has 1 aliphatic carbocycles. The largest absolute Gasteiger partial charge is 0.488 e. The zero-order valence-corrected chi connectivity index (χ0v) is 18.7. The number of ether oxygens (including phenoxy) is 1. The molecule has 1 aliphatic heterocycles. The van der Waals surface area contributed by atoms with Crippen LogP contribution in [-0.4, -0.2) is 69.6 Å². The van der Waals surface area contributed by atoms with E-state index >= 15 is 0 Å². The molecule has 1 aromatic rings. The van der Waals surface area contributed by atoms with Crippen molar-refractivity contribution in [3.63, 3.8) is 0 Å². The summed E-state index contributed by atoms with van der Waals surface area (Å²) in [6.45, 7) is 2.45. The predicted molar refractivity (Wildman–Crippen MR) is 123 cm³/mol. The molecule has 32 heavy (non-hydrogen) atoms. The smallest absolute Gasteiger partial charge is 0.481 e. The van der Waals surface area contributed by atoms with Crippen LogP contribution in [0, 0.1) is 5.92 Å². The van der Waals surface area contributed by atoms with Crippen LogP contribution >= 0.6 is 0 Å². The molecular formula is C24H36BNO6. The molecule has 4 atom stereocenters. The maximum atomic E-state index is 10.9. The number of aliphatic hydroxyl groups excluding tert-OH is 1. The van der Waals surface area contributed by atoms with E-state index in [1.54, 1.807) is 12.1 Å². The van der Waals surface area contributed by atoms with Gasteiger partial charge < -0.3 is 25.0 Å². The molecule has 0 unspecified atom stereocenters. The molecular weight excluding hydrogens is 409 g/mol. The number of carboxylic acid groups (broad SMARTS) is 1. The number of aliphatic hydroxyl groups is 1. The van der Waals surface area contributed by atoms with E-state index in [2.05, 4.69) is 11.0 Å². The third-order valence-electron chi connectivity index (χ3n) is 6.70. The number of allylic oxidation sites excluding steroid dienone is 2. The fraction of sp³-hybridized carbons (Fsp3) is 0.625. The molecule has 1 heterocycles. The van der Waals surface area contributed by atoms with Crippen molar-refractivity contribution in [3.8, 4) is 0 Å². The molecule has 7 nitrogen and oxygen atoms in total. The molecule has 0 aromatic heterocycles. The summed E-state index contributed by atoms with van der Waals surface area (Å²) in [6, 6.07) is 7.14. The van der Waals surface area contributed by atoms with Gasteiger partial charge in [0.2, 0.25) is 0 Å². The summed E-state index contributed by atoms with van der Waals surface area (Å²) in [4.78, 5) is 13.1. The molecule has 0 amide bonds. The topological polar surface area (TPSA) is 110 Å². The van der Waals surface area contributed by atoms with E-state index in [-0.39, 0.29) is 24.5 Å². The van der Waals surface area contributed by atoms with E-state index in [9.17, 15) is 19.9 Å². The van der Waals surface area contributed by atoms with Gasteiger partial charge in [-0.3, -0.25) is 9.69 Å². The average Bonchev–Trinajstić information content (AvgIpc) is 3.10. The fourth-order valence-corrected chi connectivity index (χ4v) is 5.06. The highest BCUT2D eigenvalue weighted by Gasteiger charge is 2.45. The second kappa shape index (κ2) is 12.5. The Bertz CT molecular complexity index is 735. The number of likely N-dealkylation sites (tertiary alicyclic amines) is 1. The van der Waals surface area contributed by atoms with Crippen molar-refractivity contribution in [1.29, 1.82) is 0 Å². The number of aliphatic carboxylic acids is 1. The van der Waals surface area contributed by atoms with Gasteiger partial charge in [-0.15, -0.1) is 0 Å². The van der Waals surface area contributed by atoms with Gasteiger partial charge in [0.25, 0.3) is 0 Å². The van der Waals surface area contributed by atoms with Gasteiger partial charge in [0.1, 0.15) is 0 Å². The Labute approximate surface area is 190 Å². The number of benzene rings is 1. The van der Waals surface area contributed by atoms with Gasteiger partial charge in [0.05, 0.1) is 18.8 Å². The zero-order chi connectivity index (χ0) is 22.9. The Kier molecular flexibility index (Phi) is 9.75. The van der Waals surface area contributed by atoms with Crippen molar-refractivity contribution in [1.82, 2.24) is 4.90 Å². The molecule has 2 fully saturated rings. The van der Waals surface area contributed by atoms with Crippen LogP contribution in [0.1, 0.15) is 56.9 Å². The highest BCUT2D eigenvalue weighted by atomic mass is 16.5. The third-order valence-corrected chi connectivity index (χ3v) is 6.70. The number of carboxylic acids is 1. The summed E-state index contributed by atoms with van der Waals surface area (Å²) < 4.78 is 6.29. The van der Waals surface area contributed by atoms with Gasteiger partial charge >= 0.3 is 13.1 Å². The van der Waals surface area contributed by atoms with Crippen LogP contribution < -0.4 is 5.46 Å². The molecule has 8 heteroatoms. The summed E-state index contributed by atoms with van der Waals surface area (Å²) >= 11 is 0. The molecule has 1 aromatic carbocycles. The number of rotatable bonds is 11. The van der Waals surface area contributed by atoms with E-state index in [0.717, 1.165) is 31.5 Å². The van der Waals surface area contributed by atoms with Crippen molar-refractivity contribution in [2.45, 2.75) is 76.2 Å². The zero-order valence-electron chi connectivity index (χ0n) is 18.7. The van der Waals surface area contributed by atoms with Gasteiger partial charge in [-0.2, -0.15) is 0 Å². The number of hydrogen-bond acceptors (Lipinski definition) is 6. The van der Waals surface area contributed by atoms with E-state index < -0.39 is 19.2 Å².